The zero-order valence-electron chi connectivity index (χ0n) is 38.3. The highest BCUT2D eigenvalue weighted by Gasteiger charge is 2.53. The topological polar surface area (TPSA) is 11.4 Å². The lowest BCUT2D eigenvalue weighted by Gasteiger charge is -2.33. The predicted molar refractivity (Wildman–Crippen MR) is 292 cm³/mol. The summed E-state index contributed by atoms with van der Waals surface area (Å²) >= 11 is 0. The van der Waals surface area contributed by atoms with Crippen LogP contribution in [-0.4, -0.2) is 4.57 Å². The van der Waals surface area contributed by atoms with E-state index in [1.807, 2.05) is 0 Å². The van der Waals surface area contributed by atoms with Crippen molar-refractivity contribution in [2.24, 2.45) is 0 Å². The third-order valence-corrected chi connectivity index (χ3v) is 14.8. The van der Waals surface area contributed by atoms with Crippen LogP contribution in [0.3, 0.4) is 0 Å². The summed E-state index contributed by atoms with van der Waals surface area (Å²) in [4.78, 5) is 4.97. The molecule has 1 aromatic heterocycles. The van der Waals surface area contributed by atoms with Crippen LogP contribution in [0.2, 0.25) is 0 Å². The van der Waals surface area contributed by atoms with Gasteiger partial charge in [-0.3, -0.25) is 0 Å². The summed E-state index contributed by atoms with van der Waals surface area (Å²) in [7, 11) is 0. The summed E-state index contributed by atoms with van der Waals surface area (Å²) in [5.41, 5.74) is 22.1. The molecule has 0 bridgehead atoms. The van der Waals surface area contributed by atoms with Gasteiger partial charge >= 0.3 is 0 Å². The van der Waals surface area contributed by atoms with Crippen LogP contribution in [0, 0.1) is 0 Å². The Labute approximate surface area is 408 Å². The fraction of sp³-hybridized carbons (Fsp3) is 0.0149. The molecule has 1 spiro atoms. The van der Waals surface area contributed by atoms with E-state index < -0.39 is 5.41 Å². The van der Waals surface area contributed by atoms with Crippen LogP contribution in [0.15, 0.2) is 273 Å². The standard InChI is InChI=1S/C67H45N3/c1-5-23-46(24-6-1)51-31-15-19-39-60(51)69(48-27-9-3-10-28-48)63-42-22-38-59-66(63)55-34-14-18-36-57(55)67(59)56-35-17-13-33-54(56)65-58(67)37-21-41-62(65)68(47-25-7-2-8-26-47)50-43-44-53-52-32-16-20-40-61(52)70(64(53)45-50)49-29-11-4-12-30-49/h1-45H. The summed E-state index contributed by atoms with van der Waals surface area (Å²) < 4.78 is 2.41. The molecule has 0 fully saturated rings. The Morgan fingerprint density at radius 2 is 0.743 bits per heavy atom. The normalized spacial score (nSPS) is 14.1. The van der Waals surface area contributed by atoms with Crippen molar-refractivity contribution >= 4 is 55.9 Å². The second-order valence-corrected chi connectivity index (χ2v) is 18.4. The number of rotatable bonds is 8. The molecule has 3 heteroatoms. The monoisotopic (exact) mass is 891 g/mol. The van der Waals surface area contributed by atoms with Crippen LogP contribution < -0.4 is 9.80 Å². The zero-order chi connectivity index (χ0) is 46.2. The maximum absolute atomic E-state index is 2.48. The van der Waals surface area contributed by atoms with Crippen molar-refractivity contribution in [2.45, 2.75) is 5.41 Å². The minimum absolute atomic E-state index is 0.600. The van der Waals surface area contributed by atoms with Crippen molar-refractivity contribution in [1.29, 1.82) is 0 Å². The van der Waals surface area contributed by atoms with Crippen LogP contribution >= 0.6 is 0 Å². The average molecular weight is 892 g/mol. The molecule has 1 heterocycles. The van der Waals surface area contributed by atoms with Crippen molar-refractivity contribution in [3.05, 3.63) is 295 Å². The first-order chi connectivity index (χ1) is 34.8. The van der Waals surface area contributed by atoms with Gasteiger partial charge in [0.1, 0.15) is 0 Å². The number of para-hydroxylation sites is 5. The number of hydrogen-bond acceptors (Lipinski definition) is 2. The van der Waals surface area contributed by atoms with Crippen molar-refractivity contribution in [3.8, 4) is 39.1 Å². The van der Waals surface area contributed by atoms with Gasteiger partial charge in [0.25, 0.3) is 0 Å². The van der Waals surface area contributed by atoms with E-state index in [4.69, 9.17) is 0 Å². The second kappa shape index (κ2) is 16.0. The highest BCUT2D eigenvalue weighted by molar-refractivity contribution is 6.11. The zero-order valence-corrected chi connectivity index (χ0v) is 38.3. The quantitative estimate of drug-likeness (QED) is 0.151. The predicted octanol–water partition coefficient (Wildman–Crippen LogP) is 17.7. The fourth-order valence-corrected chi connectivity index (χ4v) is 12.0. The Bertz CT molecular complexity index is 3950. The molecule has 0 aliphatic heterocycles. The molecule has 70 heavy (non-hydrogen) atoms. The largest absolute Gasteiger partial charge is 0.310 e. The lowest BCUT2D eigenvalue weighted by molar-refractivity contribution is 0.793. The van der Waals surface area contributed by atoms with Crippen molar-refractivity contribution in [1.82, 2.24) is 4.57 Å². The molecule has 328 valence electrons. The Hall–Kier alpha value is -9.18. The summed E-state index contributed by atoms with van der Waals surface area (Å²) in [6, 6.07) is 100. The highest BCUT2D eigenvalue weighted by atomic mass is 15.2. The lowest BCUT2D eigenvalue weighted by Crippen LogP contribution is -2.26. The fourth-order valence-electron chi connectivity index (χ4n) is 12.0. The van der Waals surface area contributed by atoms with Gasteiger partial charge in [0, 0.05) is 50.2 Å². The van der Waals surface area contributed by atoms with Gasteiger partial charge in [-0.2, -0.15) is 0 Å². The van der Waals surface area contributed by atoms with Crippen molar-refractivity contribution in [2.75, 3.05) is 9.80 Å². The van der Waals surface area contributed by atoms with E-state index in [2.05, 4.69) is 287 Å². The number of nitrogens with zero attached hydrogens (tertiary/aromatic N) is 3. The Balaban J connectivity index is 1.03. The number of hydrogen-bond donors (Lipinski definition) is 0. The first kappa shape index (κ1) is 39.9. The maximum atomic E-state index is 2.48. The summed E-state index contributed by atoms with van der Waals surface area (Å²) in [6.45, 7) is 0. The number of aromatic nitrogens is 1. The van der Waals surface area contributed by atoms with Gasteiger partial charge in [0.05, 0.1) is 33.5 Å². The molecule has 0 N–H and O–H groups in total. The van der Waals surface area contributed by atoms with Crippen LogP contribution in [0.25, 0.3) is 60.9 Å². The highest BCUT2D eigenvalue weighted by Crippen LogP contribution is 2.66. The number of anilines is 6. The van der Waals surface area contributed by atoms with Crippen LogP contribution in [0.5, 0.6) is 0 Å². The third-order valence-electron chi connectivity index (χ3n) is 14.8. The molecular weight excluding hydrogens is 847 g/mol. The molecule has 0 saturated carbocycles. The van der Waals surface area contributed by atoms with E-state index in [-0.39, 0.29) is 0 Å². The van der Waals surface area contributed by atoms with Crippen LogP contribution in [-0.2, 0) is 5.41 Å². The van der Waals surface area contributed by atoms with Gasteiger partial charge in [-0.25, -0.2) is 0 Å². The van der Waals surface area contributed by atoms with Gasteiger partial charge in [0.15, 0.2) is 0 Å². The van der Waals surface area contributed by atoms with E-state index in [1.54, 1.807) is 0 Å². The van der Waals surface area contributed by atoms with E-state index in [0.717, 1.165) is 39.8 Å². The van der Waals surface area contributed by atoms with Gasteiger partial charge in [-0.1, -0.05) is 200 Å². The summed E-state index contributed by atoms with van der Waals surface area (Å²) in [6.07, 6.45) is 0. The number of fused-ring (bicyclic) bond motifs is 13. The maximum Gasteiger partial charge on any atom is 0.0727 e. The first-order valence-electron chi connectivity index (χ1n) is 24.2. The Kier molecular flexibility index (Phi) is 9.11. The molecule has 1 unspecified atom stereocenters. The molecule has 12 aromatic rings. The minimum atomic E-state index is -0.600. The third kappa shape index (κ3) is 5.82. The average Bonchev–Trinajstić information content (AvgIpc) is 4.05. The van der Waals surface area contributed by atoms with Crippen LogP contribution in [0.4, 0.5) is 34.1 Å². The van der Waals surface area contributed by atoms with Gasteiger partial charge in [-0.05, 0) is 112 Å². The molecule has 2 aliphatic rings. The smallest absolute Gasteiger partial charge is 0.0727 e. The molecule has 0 amide bonds. The Morgan fingerprint density at radius 3 is 1.39 bits per heavy atom. The minimum Gasteiger partial charge on any atom is -0.310 e. The van der Waals surface area contributed by atoms with Crippen molar-refractivity contribution < 1.29 is 0 Å². The van der Waals surface area contributed by atoms with Crippen molar-refractivity contribution in [3.63, 3.8) is 0 Å². The first-order valence-corrected chi connectivity index (χ1v) is 24.2. The van der Waals surface area contributed by atoms with Gasteiger partial charge < -0.3 is 14.4 Å². The lowest BCUT2D eigenvalue weighted by atomic mass is 9.70. The molecule has 2 aliphatic carbocycles. The SMILES string of the molecule is c1ccc(-c2ccccc2N(c2ccccc2)c2cccc3c2-c2ccccc2C32c3ccccc3-c3c(N(c4ccccc4)c4ccc5c6ccccc6n(-c6ccccc6)c5c4)cccc32)cc1. The Morgan fingerprint density at radius 1 is 0.286 bits per heavy atom. The van der Waals surface area contributed by atoms with E-state index in [1.165, 1.54) is 77.4 Å². The van der Waals surface area contributed by atoms with Gasteiger partial charge in [0.2, 0.25) is 0 Å². The molecule has 0 saturated heterocycles. The number of benzene rings is 11. The van der Waals surface area contributed by atoms with Gasteiger partial charge in [-0.15, -0.1) is 0 Å². The molecular formula is C67H45N3. The van der Waals surface area contributed by atoms with E-state index in [0.29, 0.717) is 0 Å². The summed E-state index contributed by atoms with van der Waals surface area (Å²) in [5, 5.41) is 2.47. The van der Waals surface area contributed by atoms with E-state index >= 15 is 0 Å². The molecule has 0 radical (unpaired) electrons. The molecule has 3 nitrogen and oxygen atoms in total. The van der Waals surface area contributed by atoms with E-state index in [9.17, 15) is 0 Å². The molecule has 14 rings (SSSR count). The molecule has 11 aromatic carbocycles. The molecule has 1 atom stereocenters. The van der Waals surface area contributed by atoms with Crippen LogP contribution in [0.1, 0.15) is 22.3 Å². The second-order valence-electron chi connectivity index (χ2n) is 18.4. The summed E-state index contributed by atoms with van der Waals surface area (Å²) in [5.74, 6) is 0.